The van der Waals surface area contributed by atoms with Gasteiger partial charge in [-0.1, -0.05) is 31.2 Å². The summed E-state index contributed by atoms with van der Waals surface area (Å²) >= 11 is 0. The van der Waals surface area contributed by atoms with Crippen LogP contribution in [0.2, 0.25) is 0 Å². The zero-order valence-electron chi connectivity index (χ0n) is 11.1. The lowest BCUT2D eigenvalue weighted by Gasteiger charge is -2.23. The summed E-state index contributed by atoms with van der Waals surface area (Å²) < 4.78 is 5.69. The molecule has 3 nitrogen and oxygen atoms in total. The minimum absolute atomic E-state index is 0.161. The van der Waals surface area contributed by atoms with Crippen molar-refractivity contribution in [1.82, 2.24) is 4.98 Å². The van der Waals surface area contributed by atoms with Crippen molar-refractivity contribution in [3.8, 4) is 0 Å². The second-order valence-electron chi connectivity index (χ2n) is 5.14. The number of pyridine rings is 1. The van der Waals surface area contributed by atoms with Crippen LogP contribution < -0.4 is 0 Å². The van der Waals surface area contributed by atoms with Crippen molar-refractivity contribution in [2.75, 3.05) is 6.61 Å². The second kappa shape index (κ2) is 5.27. The lowest BCUT2D eigenvalue weighted by molar-refractivity contribution is 0.0313. The average molecular weight is 257 g/mol. The monoisotopic (exact) mass is 257 g/mol. The molecule has 0 aliphatic carbocycles. The molecular weight excluding hydrogens is 238 g/mol. The van der Waals surface area contributed by atoms with Crippen LogP contribution in [0.1, 0.15) is 31.4 Å². The third kappa shape index (κ3) is 2.24. The van der Waals surface area contributed by atoms with Gasteiger partial charge in [0, 0.05) is 29.7 Å². The molecule has 0 bridgehead atoms. The van der Waals surface area contributed by atoms with Crippen LogP contribution in [-0.4, -0.2) is 22.8 Å². The first kappa shape index (κ1) is 12.6. The predicted octanol–water partition coefficient (Wildman–Crippen LogP) is 3.08. The maximum absolute atomic E-state index is 10.7. The Balaban J connectivity index is 1.99. The molecule has 1 aromatic carbocycles. The van der Waals surface area contributed by atoms with Gasteiger partial charge in [0.15, 0.2) is 0 Å². The molecule has 100 valence electrons. The number of rotatable bonds is 3. The number of para-hydroxylation sites is 1. The molecule has 19 heavy (non-hydrogen) atoms. The van der Waals surface area contributed by atoms with E-state index in [1.807, 2.05) is 30.3 Å². The molecular formula is C16H19NO2. The van der Waals surface area contributed by atoms with Crippen LogP contribution in [0.15, 0.2) is 36.5 Å². The number of hydrogen-bond acceptors (Lipinski definition) is 3. The molecule has 0 radical (unpaired) electrons. The highest BCUT2D eigenvalue weighted by Gasteiger charge is 2.34. The Bertz CT molecular complexity index is 564. The standard InChI is InChI=1S/C16H19NO2/c1-2-14-12(8-10-19-14)16(18)13-7-3-5-11-6-4-9-17-15(11)13/h3-7,9,12,14,16,18H,2,8,10H2,1H3. The highest BCUT2D eigenvalue weighted by molar-refractivity contribution is 5.81. The van der Waals surface area contributed by atoms with Crippen LogP contribution in [0.3, 0.4) is 0 Å². The van der Waals surface area contributed by atoms with Crippen molar-refractivity contribution in [2.45, 2.75) is 32.0 Å². The van der Waals surface area contributed by atoms with E-state index in [0.717, 1.165) is 35.9 Å². The number of benzene rings is 1. The zero-order chi connectivity index (χ0) is 13.2. The van der Waals surface area contributed by atoms with E-state index in [0.29, 0.717) is 0 Å². The lowest BCUT2D eigenvalue weighted by Crippen LogP contribution is -2.22. The quantitative estimate of drug-likeness (QED) is 0.918. The van der Waals surface area contributed by atoms with Crippen LogP contribution in [0.25, 0.3) is 10.9 Å². The first-order valence-electron chi connectivity index (χ1n) is 6.94. The molecule has 0 amide bonds. The highest BCUT2D eigenvalue weighted by Crippen LogP contribution is 2.36. The van der Waals surface area contributed by atoms with Gasteiger partial charge in [-0.3, -0.25) is 4.98 Å². The number of hydrogen-bond donors (Lipinski definition) is 1. The maximum Gasteiger partial charge on any atom is 0.0864 e. The third-order valence-electron chi connectivity index (χ3n) is 4.05. The zero-order valence-corrected chi connectivity index (χ0v) is 11.1. The molecule has 0 saturated carbocycles. The Hall–Kier alpha value is -1.45. The van der Waals surface area contributed by atoms with Crippen LogP contribution in [0.5, 0.6) is 0 Å². The minimum atomic E-state index is -0.494. The summed E-state index contributed by atoms with van der Waals surface area (Å²) in [5.41, 5.74) is 1.83. The minimum Gasteiger partial charge on any atom is -0.388 e. The molecule has 2 heterocycles. The first-order chi connectivity index (χ1) is 9.31. The van der Waals surface area contributed by atoms with Crippen LogP contribution in [0, 0.1) is 5.92 Å². The van der Waals surface area contributed by atoms with Gasteiger partial charge in [0.2, 0.25) is 0 Å². The summed E-state index contributed by atoms with van der Waals surface area (Å²) in [6, 6.07) is 9.94. The number of aliphatic hydroxyl groups excluding tert-OH is 1. The first-order valence-corrected chi connectivity index (χ1v) is 6.94. The smallest absolute Gasteiger partial charge is 0.0864 e. The molecule has 2 aromatic rings. The van der Waals surface area contributed by atoms with Crippen molar-refractivity contribution in [1.29, 1.82) is 0 Å². The summed E-state index contributed by atoms with van der Waals surface area (Å²) in [5.74, 6) is 0.178. The summed E-state index contributed by atoms with van der Waals surface area (Å²) in [4.78, 5) is 4.42. The fourth-order valence-electron chi connectivity index (χ4n) is 3.04. The highest BCUT2D eigenvalue weighted by atomic mass is 16.5. The molecule has 1 N–H and O–H groups in total. The normalized spacial score (nSPS) is 24.7. The Kier molecular flexibility index (Phi) is 3.49. The molecule has 1 saturated heterocycles. The van der Waals surface area contributed by atoms with Gasteiger partial charge in [-0.25, -0.2) is 0 Å². The van der Waals surface area contributed by atoms with Gasteiger partial charge in [0.25, 0.3) is 0 Å². The van der Waals surface area contributed by atoms with E-state index >= 15 is 0 Å². The molecule has 1 aromatic heterocycles. The molecule has 3 unspecified atom stereocenters. The number of fused-ring (bicyclic) bond motifs is 1. The van der Waals surface area contributed by atoms with Crippen LogP contribution >= 0.6 is 0 Å². The van der Waals surface area contributed by atoms with Crippen molar-refractivity contribution in [3.63, 3.8) is 0 Å². The van der Waals surface area contributed by atoms with E-state index in [1.54, 1.807) is 6.20 Å². The topological polar surface area (TPSA) is 42.4 Å². The number of nitrogens with zero attached hydrogens (tertiary/aromatic N) is 1. The van der Waals surface area contributed by atoms with Gasteiger partial charge >= 0.3 is 0 Å². The Morgan fingerprint density at radius 2 is 2.21 bits per heavy atom. The van der Waals surface area contributed by atoms with Gasteiger partial charge < -0.3 is 9.84 Å². The van der Waals surface area contributed by atoms with Crippen LogP contribution in [-0.2, 0) is 4.74 Å². The molecule has 1 aliphatic rings. The molecule has 0 spiro atoms. The Morgan fingerprint density at radius 3 is 3.05 bits per heavy atom. The average Bonchev–Trinajstić information content (AvgIpc) is 2.94. The Morgan fingerprint density at radius 1 is 1.37 bits per heavy atom. The molecule has 1 fully saturated rings. The summed E-state index contributed by atoms with van der Waals surface area (Å²) in [6.07, 6.45) is 3.31. The van der Waals surface area contributed by atoms with E-state index in [1.165, 1.54) is 0 Å². The summed E-state index contributed by atoms with van der Waals surface area (Å²) in [7, 11) is 0. The van der Waals surface area contributed by atoms with Gasteiger partial charge in [-0.15, -0.1) is 0 Å². The number of aliphatic hydroxyl groups is 1. The maximum atomic E-state index is 10.7. The van der Waals surface area contributed by atoms with Gasteiger partial charge in [-0.05, 0) is 18.9 Å². The van der Waals surface area contributed by atoms with Crippen molar-refractivity contribution < 1.29 is 9.84 Å². The molecule has 1 aliphatic heterocycles. The second-order valence-corrected chi connectivity index (χ2v) is 5.14. The third-order valence-corrected chi connectivity index (χ3v) is 4.05. The number of aromatic nitrogens is 1. The summed E-state index contributed by atoms with van der Waals surface area (Å²) in [5, 5.41) is 11.8. The van der Waals surface area contributed by atoms with Crippen LogP contribution in [0.4, 0.5) is 0 Å². The predicted molar refractivity (Wildman–Crippen MR) is 74.8 cm³/mol. The summed E-state index contributed by atoms with van der Waals surface area (Å²) in [6.45, 7) is 2.86. The molecule has 3 rings (SSSR count). The lowest BCUT2D eigenvalue weighted by atomic mass is 9.88. The van der Waals surface area contributed by atoms with Gasteiger partial charge in [-0.2, -0.15) is 0 Å². The molecule has 3 heteroatoms. The van der Waals surface area contributed by atoms with Gasteiger partial charge in [0.05, 0.1) is 17.7 Å². The fraction of sp³-hybridized carbons (Fsp3) is 0.438. The number of ether oxygens (including phenoxy) is 1. The fourth-order valence-corrected chi connectivity index (χ4v) is 3.04. The molecule has 3 atom stereocenters. The van der Waals surface area contributed by atoms with Crippen molar-refractivity contribution in [2.24, 2.45) is 5.92 Å². The van der Waals surface area contributed by atoms with Crippen molar-refractivity contribution in [3.05, 3.63) is 42.1 Å². The van der Waals surface area contributed by atoms with E-state index in [4.69, 9.17) is 4.74 Å². The van der Waals surface area contributed by atoms with E-state index < -0.39 is 6.10 Å². The van der Waals surface area contributed by atoms with Gasteiger partial charge in [0.1, 0.15) is 0 Å². The van der Waals surface area contributed by atoms with E-state index in [9.17, 15) is 5.11 Å². The largest absolute Gasteiger partial charge is 0.388 e. The van der Waals surface area contributed by atoms with E-state index in [2.05, 4.69) is 11.9 Å². The Labute approximate surface area is 113 Å². The van der Waals surface area contributed by atoms with E-state index in [-0.39, 0.29) is 12.0 Å². The SMILES string of the molecule is CCC1OCCC1C(O)c1cccc2cccnc12. The van der Waals surface area contributed by atoms with Crippen molar-refractivity contribution >= 4 is 10.9 Å².